The molecule has 0 saturated carbocycles. The normalized spacial score (nSPS) is 10.5. The molecule has 2 rings (SSSR count). The summed E-state index contributed by atoms with van der Waals surface area (Å²) in [4.78, 5) is 23.9. The molecule has 1 amide bonds. The van der Waals surface area contributed by atoms with Gasteiger partial charge in [0.25, 0.3) is 5.91 Å². The number of alkyl halides is 2. The number of amides is 1. The number of halogens is 4. The Morgan fingerprint density at radius 1 is 1.07 bits per heavy atom. The Balaban J connectivity index is 2.32. The molecule has 0 unspecified atom stereocenters. The summed E-state index contributed by atoms with van der Waals surface area (Å²) in [5.41, 5.74) is -1.12. The second kappa shape index (κ2) is 9.07. The minimum Gasteiger partial charge on any atom is -0.490 e. The standard InChI is InChI=1S/C18H15F4NO5/c1-3-27-15-6-9(4-5-14(15)28-18(21)22)16(24)23-13-7-10(17(25)26-2)11(19)8-12(13)20/h4-8,18H,3H2,1-2H3,(H,23,24). The zero-order valence-electron chi connectivity index (χ0n) is 14.7. The molecule has 0 heterocycles. The molecule has 2 aromatic carbocycles. The summed E-state index contributed by atoms with van der Waals surface area (Å²) in [6, 6.07) is 4.57. The van der Waals surface area contributed by atoms with Gasteiger partial charge in [-0.2, -0.15) is 8.78 Å². The molecule has 10 heteroatoms. The van der Waals surface area contributed by atoms with E-state index in [9.17, 15) is 27.2 Å². The maximum Gasteiger partial charge on any atom is 0.387 e. The minimum absolute atomic E-state index is 0.0755. The van der Waals surface area contributed by atoms with E-state index in [4.69, 9.17) is 4.74 Å². The Morgan fingerprint density at radius 3 is 2.39 bits per heavy atom. The fourth-order valence-corrected chi connectivity index (χ4v) is 2.22. The first-order chi connectivity index (χ1) is 13.3. The molecule has 0 aromatic heterocycles. The summed E-state index contributed by atoms with van der Waals surface area (Å²) in [7, 11) is 1.02. The lowest BCUT2D eigenvalue weighted by atomic mass is 10.1. The molecule has 28 heavy (non-hydrogen) atoms. The number of ether oxygens (including phenoxy) is 3. The van der Waals surface area contributed by atoms with Gasteiger partial charge in [0.1, 0.15) is 11.6 Å². The number of carbonyl (C=O) groups excluding carboxylic acids is 2. The van der Waals surface area contributed by atoms with Crippen molar-refractivity contribution in [2.24, 2.45) is 0 Å². The fourth-order valence-electron chi connectivity index (χ4n) is 2.22. The van der Waals surface area contributed by atoms with Gasteiger partial charge in [0.05, 0.1) is 25.0 Å². The summed E-state index contributed by atoms with van der Waals surface area (Å²) in [6.45, 7) is -1.38. The molecule has 0 saturated heterocycles. The lowest BCUT2D eigenvalue weighted by Crippen LogP contribution is -2.15. The van der Waals surface area contributed by atoms with E-state index in [0.717, 1.165) is 31.4 Å². The first-order valence-electron chi connectivity index (χ1n) is 7.87. The van der Waals surface area contributed by atoms with E-state index in [-0.39, 0.29) is 23.7 Å². The largest absolute Gasteiger partial charge is 0.490 e. The van der Waals surface area contributed by atoms with Crippen molar-refractivity contribution in [3.8, 4) is 11.5 Å². The van der Waals surface area contributed by atoms with Gasteiger partial charge >= 0.3 is 12.6 Å². The van der Waals surface area contributed by atoms with Crippen molar-refractivity contribution in [2.45, 2.75) is 13.5 Å². The number of carbonyl (C=O) groups is 2. The van der Waals surface area contributed by atoms with Gasteiger partial charge in [-0.3, -0.25) is 4.79 Å². The van der Waals surface area contributed by atoms with E-state index in [2.05, 4.69) is 14.8 Å². The van der Waals surface area contributed by atoms with Crippen molar-refractivity contribution in [1.29, 1.82) is 0 Å². The summed E-state index contributed by atoms with van der Waals surface area (Å²) in [5, 5.41) is 2.17. The van der Waals surface area contributed by atoms with Crippen LogP contribution in [0.4, 0.5) is 23.2 Å². The maximum atomic E-state index is 13.9. The number of anilines is 1. The molecule has 0 aliphatic carbocycles. The average Bonchev–Trinajstić information content (AvgIpc) is 2.64. The molecule has 0 atom stereocenters. The number of methoxy groups -OCH3 is 1. The number of benzene rings is 2. The zero-order chi connectivity index (χ0) is 20.8. The van der Waals surface area contributed by atoms with Crippen molar-refractivity contribution in [3.63, 3.8) is 0 Å². The number of rotatable bonds is 7. The van der Waals surface area contributed by atoms with Crippen LogP contribution in [0.3, 0.4) is 0 Å². The number of hydrogen-bond acceptors (Lipinski definition) is 5. The molecule has 0 fully saturated rings. The molecule has 6 nitrogen and oxygen atoms in total. The van der Waals surface area contributed by atoms with E-state index in [0.29, 0.717) is 6.07 Å². The van der Waals surface area contributed by atoms with Crippen LogP contribution in [0.15, 0.2) is 30.3 Å². The molecule has 0 aliphatic rings. The van der Waals surface area contributed by atoms with Crippen LogP contribution in [0.1, 0.15) is 27.6 Å². The number of hydrogen-bond donors (Lipinski definition) is 1. The van der Waals surface area contributed by atoms with E-state index < -0.39 is 41.4 Å². The van der Waals surface area contributed by atoms with E-state index in [1.807, 2.05) is 0 Å². The van der Waals surface area contributed by atoms with Gasteiger partial charge in [-0.05, 0) is 31.2 Å². The van der Waals surface area contributed by atoms with Gasteiger partial charge in [0.2, 0.25) is 0 Å². The quantitative estimate of drug-likeness (QED) is 0.561. The van der Waals surface area contributed by atoms with Gasteiger partial charge in [0.15, 0.2) is 11.5 Å². The molecule has 1 N–H and O–H groups in total. The van der Waals surface area contributed by atoms with Crippen molar-refractivity contribution in [3.05, 3.63) is 53.1 Å². The third kappa shape index (κ3) is 4.90. The van der Waals surface area contributed by atoms with Crippen LogP contribution in [0.25, 0.3) is 0 Å². The Kier molecular flexibility index (Phi) is 6.80. The average molecular weight is 401 g/mol. The molecule has 0 bridgehead atoms. The van der Waals surface area contributed by atoms with Crippen molar-refractivity contribution >= 4 is 17.6 Å². The second-order valence-electron chi connectivity index (χ2n) is 5.23. The highest BCUT2D eigenvalue weighted by Gasteiger charge is 2.19. The van der Waals surface area contributed by atoms with Gasteiger partial charge in [0, 0.05) is 11.6 Å². The molecule has 0 spiro atoms. The first kappa shape index (κ1) is 21.0. The van der Waals surface area contributed by atoms with E-state index >= 15 is 0 Å². The Morgan fingerprint density at radius 2 is 1.79 bits per heavy atom. The monoisotopic (exact) mass is 401 g/mol. The van der Waals surface area contributed by atoms with Crippen molar-refractivity contribution in [2.75, 3.05) is 19.0 Å². The summed E-state index contributed by atoms with van der Waals surface area (Å²) in [6.07, 6.45) is 0. The van der Waals surface area contributed by atoms with Crippen molar-refractivity contribution in [1.82, 2.24) is 0 Å². The van der Waals surface area contributed by atoms with Gasteiger partial charge in [-0.1, -0.05) is 0 Å². The smallest absolute Gasteiger partial charge is 0.387 e. The lowest BCUT2D eigenvalue weighted by Gasteiger charge is -2.13. The highest BCUT2D eigenvalue weighted by Crippen LogP contribution is 2.30. The van der Waals surface area contributed by atoms with Crippen LogP contribution in [-0.2, 0) is 4.74 Å². The Bertz CT molecular complexity index is 889. The topological polar surface area (TPSA) is 73.9 Å². The fraction of sp³-hybridized carbons (Fsp3) is 0.222. The highest BCUT2D eigenvalue weighted by atomic mass is 19.3. The molecule has 150 valence electrons. The predicted molar refractivity (Wildman–Crippen MR) is 89.9 cm³/mol. The van der Waals surface area contributed by atoms with Crippen LogP contribution in [-0.4, -0.2) is 32.2 Å². The summed E-state index contributed by atoms with van der Waals surface area (Å²) < 4.78 is 66.3. The predicted octanol–water partition coefficient (Wildman–Crippen LogP) is 4.00. The first-order valence-corrected chi connectivity index (χ1v) is 7.87. The molecule has 2 aromatic rings. The molecular weight excluding hydrogens is 386 g/mol. The van der Waals surface area contributed by atoms with Crippen LogP contribution in [0.2, 0.25) is 0 Å². The number of nitrogens with one attached hydrogen (secondary N) is 1. The third-order valence-electron chi connectivity index (χ3n) is 3.43. The lowest BCUT2D eigenvalue weighted by molar-refractivity contribution is -0.0514. The van der Waals surface area contributed by atoms with Crippen LogP contribution >= 0.6 is 0 Å². The summed E-state index contributed by atoms with van der Waals surface area (Å²) in [5.74, 6) is -4.60. The molecule has 0 aliphatic heterocycles. The molecular formula is C18H15F4NO5. The van der Waals surface area contributed by atoms with Gasteiger partial charge in [-0.15, -0.1) is 0 Å². The van der Waals surface area contributed by atoms with E-state index in [1.54, 1.807) is 6.92 Å². The third-order valence-corrected chi connectivity index (χ3v) is 3.43. The van der Waals surface area contributed by atoms with Crippen molar-refractivity contribution < 1.29 is 41.4 Å². The zero-order valence-corrected chi connectivity index (χ0v) is 14.7. The Labute approximate surface area is 157 Å². The maximum absolute atomic E-state index is 13.9. The van der Waals surface area contributed by atoms with E-state index in [1.165, 1.54) is 0 Å². The van der Waals surface area contributed by atoms with Crippen LogP contribution in [0.5, 0.6) is 11.5 Å². The minimum atomic E-state index is -3.09. The van der Waals surface area contributed by atoms with Gasteiger partial charge in [-0.25, -0.2) is 13.6 Å². The SMILES string of the molecule is CCOc1cc(C(=O)Nc2cc(C(=O)OC)c(F)cc2F)ccc1OC(F)F. The van der Waals surface area contributed by atoms with Crippen LogP contribution < -0.4 is 14.8 Å². The van der Waals surface area contributed by atoms with Gasteiger partial charge < -0.3 is 19.5 Å². The second-order valence-corrected chi connectivity index (χ2v) is 5.23. The summed E-state index contributed by atoms with van der Waals surface area (Å²) >= 11 is 0. The molecule has 0 radical (unpaired) electrons. The van der Waals surface area contributed by atoms with Crippen LogP contribution in [0, 0.1) is 11.6 Å². The number of esters is 1. The highest BCUT2D eigenvalue weighted by molar-refractivity contribution is 6.05. The Hall–Kier alpha value is -3.30.